The number of nitrogens with one attached hydrogen (secondary N) is 1. The van der Waals surface area contributed by atoms with E-state index in [0.29, 0.717) is 12.1 Å². The molecule has 2 heterocycles. The van der Waals surface area contributed by atoms with Gasteiger partial charge in [0.2, 0.25) is 10.0 Å². The fourth-order valence-corrected chi connectivity index (χ4v) is 5.38. The Balaban J connectivity index is 1.47. The van der Waals surface area contributed by atoms with Crippen LogP contribution in [0, 0.1) is 0 Å². The zero-order chi connectivity index (χ0) is 20.3. The first-order chi connectivity index (χ1) is 14.0. The maximum Gasteiger partial charge on any atom is 0.254 e. The van der Waals surface area contributed by atoms with Crippen LogP contribution in [0.15, 0.2) is 77.0 Å². The Morgan fingerprint density at radius 1 is 1.03 bits per heavy atom. The van der Waals surface area contributed by atoms with Crippen LogP contribution < -0.4 is 4.72 Å². The van der Waals surface area contributed by atoms with Gasteiger partial charge in [0.15, 0.2) is 0 Å². The Labute approximate surface area is 175 Å². The van der Waals surface area contributed by atoms with Crippen molar-refractivity contribution in [1.82, 2.24) is 9.62 Å². The molecule has 1 aliphatic heterocycles. The van der Waals surface area contributed by atoms with Crippen molar-refractivity contribution in [2.75, 3.05) is 6.54 Å². The summed E-state index contributed by atoms with van der Waals surface area (Å²) in [6.45, 7) is 0.966. The molecule has 2 aromatic carbocycles. The monoisotopic (exact) mass is 426 g/mol. The van der Waals surface area contributed by atoms with Crippen molar-refractivity contribution in [1.29, 1.82) is 0 Å². The molecule has 5 nitrogen and oxygen atoms in total. The fourth-order valence-electron chi connectivity index (χ4n) is 3.64. The van der Waals surface area contributed by atoms with E-state index in [-0.39, 0.29) is 23.4 Å². The summed E-state index contributed by atoms with van der Waals surface area (Å²) in [4.78, 5) is 16.0. The van der Waals surface area contributed by atoms with Crippen LogP contribution in [-0.4, -0.2) is 25.8 Å². The smallest absolute Gasteiger partial charge is 0.254 e. The second-order valence-corrected chi connectivity index (χ2v) is 9.79. The normalized spacial score (nSPS) is 16.8. The lowest BCUT2D eigenvalue weighted by atomic mass is 10.0. The predicted octanol–water partition coefficient (Wildman–Crippen LogP) is 4.20. The first-order valence-corrected chi connectivity index (χ1v) is 11.9. The Hall–Kier alpha value is -2.48. The number of hydrogen-bond donors (Lipinski definition) is 1. The van der Waals surface area contributed by atoms with Crippen LogP contribution >= 0.6 is 11.3 Å². The lowest BCUT2D eigenvalue weighted by Gasteiger charge is -2.25. The van der Waals surface area contributed by atoms with Gasteiger partial charge in [-0.2, -0.15) is 0 Å². The van der Waals surface area contributed by atoms with Gasteiger partial charge in [0.25, 0.3) is 5.91 Å². The summed E-state index contributed by atoms with van der Waals surface area (Å²) < 4.78 is 27.6. The number of thiophene rings is 1. The molecule has 1 atom stereocenters. The Kier molecular flexibility index (Phi) is 5.80. The van der Waals surface area contributed by atoms with Gasteiger partial charge in [0.05, 0.1) is 10.9 Å². The molecular weight excluding hydrogens is 404 g/mol. The largest absolute Gasteiger partial charge is 0.332 e. The van der Waals surface area contributed by atoms with Crippen LogP contribution in [0.5, 0.6) is 0 Å². The summed E-state index contributed by atoms with van der Waals surface area (Å²) in [7, 11) is -3.62. The van der Waals surface area contributed by atoms with Crippen LogP contribution in [0.25, 0.3) is 0 Å². The highest BCUT2D eigenvalue weighted by molar-refractivity contribution is 7.89. The highest BCUT2D eigenvalue weighted by Crippen LogP contribution is 2.33. The van der Waals surface area contributed by atoms with Crippen LogP contribution in [0.3, 0.4) is 0 Å². The molecule has 3 aromatic rings. The summed E-state index contributed by atoms with van der Waals surface area (Å²) in [6, 6.07) is 20.1. The molecular formula is C22H22N2O3S2. The summed E-state index contributed by atoms with van der Waals surface area (Å²) in [6.07, 6.45) is 1.90. The molecule has 1 saturated heterocycles. The van der Waals surface area contributed by atoms with Gasteiger partial charge in [-0.25, -0.2) is 13.1 Å². The number of rotatable bonds is 6. The van der Waals surface area contributed by atoms with Crippen LogP contribution in [-0.2, 0) is 16.6 Å². The highest BCUT2D eigenvalue weighted by atomic mass is 32.2. The Morgan fingerprint density at radius 2 is 1.79 bits per heavy atom. The third-order valence-corrected chi connectivity index (χ3v) is 7.42. The van der Waals surface area contributed by atoms with Crippen molar-refractivity contribution < 1.29 is 13.2 Å². The SMILES string of the molecule is O=C(c1ccc(S(=O)(=O)NCc2cccs2)cc1)N1CCCC1c1ccccc1. The molecule has 1 fully saturated rings. The summed E-state index contributed by atoms with van der Waals surface area (Å²) in [5, 5.41) is 1.91. The molecule has 0 spiro atoms. The zero-order valence-corrected chi connectivity index (χ0v) is 17.5. The van der Waals surface area contributed by atoms with E-state index in [2.05, 4.69) is 4.72 Å². The molecule has 0 radical (unpaired) electrons. The van der Waals surface area contributed by atoms with Crippen molar-refractivity contribution in [2.24, 2.45) is 0 Å². The minimum absolute atomic E-state index is 0.0631. The standard InChI is InChI=1S/C22H22N2O3S2/c25-22(24-14-4-9-21(24)17-6-2-1-3-7-17)18-10-12-20(13-11-18)29(26,27)23-16-19-8-5-15-28-19/h1-3,5-8,10-13,15,21,23H,4,9,14,16H2. The number of nitrogens with zero attached hydrogens (tertiary/aromatic N) is 1. The minimum Gasteiger partial charge on any atom is -0.332 e. The number of likely N-dealkylation sites (tertiary alicyclic amines) is 1. The Bertz CT molecular complexity index is 1060. The predicted molar refractivity (Wildman–Crippen MR) is 114 cm³/mol. The topological polar surface area (TPSA) is 66.5 Å². The lowest BCUT2D eigenvalue weighted by molar-refractivity contribution is 0.0735. The molecule has 1 N–H and O–H groups in total. The average Bonchev–Trinajstić information content (AvgIpc) is 3.45. The van der Waals surface area contributed by atoms with Gasteiger partial charge in [0, 0.05) is 23.5 Å². The molecule has 7 heteroatoms. The second-order valence-electron chi connectivity index (χ2n) is 7.00. The van der Waals surface area contributed by atoms with Gasteiger partial charge in [-0.3, -0.25) is 4.79 Å². The third-order valence-electron chi connectivity index (χ3n) is 5.13. The van der Waals surface area contributed by atoms with Crippen molar-refractivity contribution in [2.45, 2.75) is 30.3 Å². The van der Waals surface area contributed by atoms with Crippen molar-refractivity contribution in [3.05, 3.63) is 88.1 Å². The fraction of sp³-hybridized carbons (Fsp3) is 0.227. The minimum atomic E-state index is -3.62. The number of benzene rings is 2. The number of hydrogen-bond acceptors (Lipinski definition) is 4. The molecule has 1 unspecified atom stereocenters. The lowest BCUT2D eigenvalue weighted by Crippen LogP contribution is -2.30. The molecule has 0 aliphatic carbocycles. The average molecular weight is 427 g/mol. The van der Waals surface area contributed by atoms with Gasteiger partial charge in [0.1, 0.15) is 0 Å². The summed E-state index contributed by atoms with van der Waals surface area (Å²) >= 11 is 1.50. The maximum atomic E-state index is 13.0. The summed E-state index contributed by atoms with van der Waals surface area (Å²) in [5.41, 5.74) is 1.64. The second kappa shape index (κ2) is 8.49. The van der Waals surface area contributed by atoms with E-state index in [0.717, 1.165) is 23.3 Å². The van der Waals surface area contributed by atoms with Crippen molar-refractivity contribution in [3.63, 3.8) is 0 Å². The first-order valence-electron chi connectivity index (χ1n) is 9.52. The van der Waals surface area contributed by atoms with Gasteiger partial charge >= 0.3 is 0 Å². The zero-order valence-electron chi connectivity index (χ0n) is 15.8. The van der Waals surface area contributed by atoms with Gasteiger partial charge in [-0.1, -0.05) is 36.4 Å². The molecule has 4 rings (SSSR count). The number of carbonyl (C=O) groups is 1. The molecule has 0 bridgehead atoms. The first kappa shape index (κ1) is 19.8. The molecule has 0 saturated carbocycles. The molecule has 150 valence electrons. The van der Waals surface area contributed by atoms with E-state index in [1.165, 1.54) is 23.5 Å². The van der Waals surface area contributed by atoms with Crippen LogP contribution in [0.2, 0.25) is 0 Å². The van der Waals surface area contributed by atoms with Gasteiger partial charge in [-0.05, 0) is 54.1 Å². The van der Waals surface area contributed by atoms with Crippen molar-refractivity contribution in [3.8, 4) is 0 Å². The van der Waals surface area contributed by atoms with E-state index in [9.17, 15) is 13.2 Å². The van der Waals surface area contributed by atoms with E-state index < -0.39 is 10.0 Å². The number of carbonyl (C=O) groups excluding carboxylic acids is 1. The van der Waals surface area contributed by atoms with E-state index in [1.807, 2.05) is 52.7 Å². The maximum absolute atomic E-state index is 13.0. The highest BCUT2D eigenvalue weighted by Gasteiger charge is 2.30. The quantitative estimate of drug-likeness (QED) is 0.642. The van der Waals surface area contributed by atoms with E-state index in [1.54, 1.807) is 12.1 Å². The van der Waals surface area contributed by atoms with Crippen LogP contribution in [0.1, 0.15) is 39.7 Å². The molecule has 29 heavy (non-hydrogen) atoms. The molecule has 1 aromatic heterocycles. The van der Waals surface area contributed by atoms with Gasteiger partial charge in [-0.15, -0.1) is 11.3 Å². The summed E-state index contributed by atoms with van der Waals surface area (Å²) in [5.74, 6) is -0.0631. The molecule has 1 amide bonds. The van der Waals surface area contributed by atoms with Crippen molar-refractivity contribution >= 4 is 27.3 Å². The van der Waals surface area contributed by atoms with Gasteiger partial charge < -0.3 is 4.90 Å². The number of amides is 1. The third kappa shape index (κ3) is 4.42. The van der Waals surface area contributed by atoms with E-state index in [4.69, 9.17) is 0 Å². The van der Waals surface area contributed by atoms with E-state index >= 15 is 0 Å². The number of sulfonamides is 1. The molecule has 1 aliphatic rings. The Morgan fingerprint density at radius 3 is 2.48 bits per heavy atom. The van der Waals surface area contributed by atoms with Crippen LogP contribution in [0.4, 0.5) is 0 Å².